The Morgan fingerprint density at radius 3 is 2.49 bits per heavy atom. The summed E-state index contributed by atoms with van der Waals surface area (Å²) in [6, 6.07) is 15.2. The zero-order chi connectivity index (χ0) is 43.4. The number of hydrogen-bond donors (Lipinski definition) is 5. The number of aliphatic imine (C=N–C) groups is 1. The van der Waals surface area contributed by atoms with E-state index in [1.165, 1.54) is 12.3 Å². The number of carbonyl (C=O) groups excluding carboxylic acids is 6. The van der Waals surface area contributed by atoms with Gasteiger partial charge in [0, 0.05) is 70.8 Å². The third-order valence-corrected chi connectivity index (χ3v) is 11.2. The van der Waals surface area contributed by atoms with E-state index in [1.807, 2.05) is 25.1 Å². The van der Waals surface area contributed by atoms with Crippen LogP contribution in [0.4, 0.5) is 5.69 Å². The highest BCUT2D eigenvalue weighted by Crippen LogP contribution is 2.45. The van der Waals surface area contributed by atoms with E-state index in [9.17, 15) is 34.0 Å². The van der Waals surface area contributed by atoms with E-state index in [0.29, 0.717) is 40.9 Å². The van der Waals surface area contributed by atoms with Gasteiger partial charge in [-0.05, 0) is 65.9 Å². The first kappa shape index (κ1) is 42.2. The number of allylic oxidation sites excluding steroid dienone is 1. The molecule has 6 N–H and O–H groups in total. The first-order chi connectivity index (χ1) is 29.4. The van der Waals surface area contributed by atoms with Crippen molar-refractivity contribution in [1.82, 2.24) is 20.5 Å². The second-order valence-corrected chi connectivity index (χ2v) is 15.4. The summed E-state index contributed by atoms with van der Waals surface area (Å²) in [5, 5.41) is 18.3. The Hall–Kier alpha value is -6.96. The maximum absolute atomic E-state index is 14.0. The van der Waals surface area contributed by atoms with Gasteiger partial charge in [0.05, 0.1) is 54.8 Å². The van der Waals surface area contributed by atoms with E-state index < -0.39 is 35.1 Å². The number of aromatic nitrogens is 1. The minimum Gasteiger partial charge on any atom is -0.404 e. The minimum absolute atomic E-state index is 0.0427. The molecule has 7 rings (SSSR count). The highest BCUT2D eigenvalue weighted by Gasteiger charge is 2.46. The number of amides is 5. The van der Waals surface area contributed by atoms with Crippen molar-refractivity contribution in [2.45, 2.75) is 51.5 Å². The average Bonchev–Trinajstić information content (AvgIpc) is 3.77. The van der Waals surface area contributed by atoms with Crippen LogP contribution in [0.3, 0.4) is 0 Å². The number of nitrogens with zero attached hydrogens (tertiary/aromatic N) is 3. The molecule has 1 aromatic heterocycles. The van der Waals surface area contributed by atoms with Crippen LogP contribution in [0.2, 0.25) is 0 Å². The van der Waals surface area contributed by atoms with Crippen LogP contribution in [0, 0.1) is 11.3 Å². The van der Waals surface area contributed by atoms with Gasteiger partial charge in [-0.3, -0.25) is 44.0 Å². The van der Waals surface area contributed by atoms with Gasteiger partial charge < -0.3 is 30.8 Å². The van der Waals surface area contributed by atoms with Crippen molar-refractivity contribution in [1.29, 1.82) is 5.26 Å². The zero-order valence-corrected chi connectivity index (χ0v) is 34.1. The molecule has 3 heterocycles. The molecule has 1 atom stereocenters. The summed E-state index contributed by atoms with van der Waals surface area (Å²) >= 11 is 0. The van der Waals surface area contributed by atoms with E-state index >= 15 is 0 Å². The molecule has 1 saturated heterocycles. The molecule has 61 heavy (non-hydrogen) atoms. The first-order valence-electron chi connectivity index (χ1n) is 20.1. The number of benzene rings is 3. The molecule has 0 bridgehead atoms. The van der Waals surface area contributed by atoms with Crippen molar-refractivity contribution < 1.29 is 38.2 Å². The Morgan fingerprint density at radius 1 is 1.00 bits per heavy atom. The molecule has 0 saturated carbocycles. The highest BCUT2D eigenvalue weighted by atomic mass is 16.5. The molecule has 4 aromatic rings. The number of aryl methyl sites for hydroxylation is 1. The predicted molar refractivity (Wildman–Crippen MR) is 226 cm³/mol. The number of rotatable bonds is 16. The number of ketones is 1. The lowest BCUT2D eigenvalue weighted by atomic mass is 9.70. The summed E-state index contributed by atoms with van der Waals surface area (Å²) < 4.78 is 11.2. The number of anilines is 1. The van der Waals surface area contributed by atoms with Gasteiger partial charge in [-0.2, -0.15) is 5.26 Å². The van der Waals surface area contributed by atoms with Crippen LogP contribution >= 0.6 is 0 Å². The monoisotopic (exact) mass is 826 g/mol. The number of nitriles is 1. The van der Waals surface area contributed by atoms with E-state index in [4.69, 9.17) is 15.2 Å². The van der Waals surface area contributed by atoms with E-state index in [-0.39, 0.29) is 75.2 Å². The molecule has 5 amide bonds. The number of nitrogens with two attached hydrogens (primary N) is 1. The quantitative estimate of drug-likeness (QED) is 0.0623. The Balaban J connectivity index is 0.839. The standard InChI is InChI=1S/C45H46N8O8/c1-4-26-19-31-32(45(2,3)41-39(40(31)56)28-9-8-25(21-46)18-34(28)51-41)20-30(26)27(22-47)23-48-24-37(55)50-13-15-61-17-16-60-14-12-49-33-7-5-6-29-38(33)44(59)53(43(29)58)35-10-11-36(54)52-42(35)57/h5-9,18-20,22-23,35,49,51H,4,10-17,24,47H2,1-3H3,(H,50,55)(H,52,54,57). The molecule has 2 aliphatic heterocycles. The average molecular weight is 827 g/mol. The summed E-state index contributed by atoms with van der Waals surface area (Å²) in [6.45, 7) is 7.66. The fraction of sp³-hybridized carbons (Fsp3) is 0.333. The number of nitrogens with one attached hydrogen (secondary N) is 4. The van der Waals surface area contributed by atoms with Gasteiger partial charge in [-0.25, -0.2) is 0 Å². The van der Waals surface area contributed by atoms with Crippen molar-refractivity contribution in [2.24, 2.45) is 10.7 Å². The van der Waals surface area contributed by atoms with Crippen LogP contribution in [0.25, 0.3) is 16.5 Å². The second-order valence-electron chi connectivity index (χ2n) is 15.4. The molecule has 3 aliphatic rings. The number of ether oxygens (including phenoxy) is 2. The van der Waals surface area contributed by atoms with Gasteiger partial charge in [-0.15, -0.1) is 0 Å². The van der Waals surface area contributed by atoms with Crippen molar-refractivity contribution >= 4 is 63.7 Å². The van der Waals surface area contributed by atoms with E-state index in [1.54, 1.807) is 30.5 Å². The number of H-pyrrole nitrogens is 1. The molecule has 16 nitrogen and oxygen atoms in total. The molecule has 1 aliphatic carbocycles. The van der Waals surface area contributed by atoms with Gasteiger partial charge in [0.25, 0.3) is 11.8 Å². The first-order valence-corrected chi connectivity index (χ1v) is 20.1. The van der Waals surface area contributed by atoms with Crippen LogP contribution < -0.4 is 21.7 Å². The van der Waals surface area contributed by atoms with Crippen molar-refractivity contribution in [3.05, 3.63) is 105 Å². The van der Waals surface area contributed by atoms with Crippen LogP contribution in [0.15, 0.2) is 59.7 Å². The molecule has 1 fully saturated rings. The lowest BCUT2D eigenvalue weighted by Gasteiger charge is -2.33. The van der Waals surface area contributed by atoms with Crippen molar-refractivity contribution in [3.63, 3.8) is 0 Å². The second kappa shape index (κ2) is 17.7. The fourth-order valence-electron chi connectivity index (χ4n) is 8.14. The van der Waals surface area contributed by atoms with Crippen molar-refractivity contribution in [3.8, 4) is 6.07 Å². The number of aromatic amines is 1. The van der Waals surface area contributed by atoms with Gasteiger partial charge >= 0.3 is 0 Å². The third kappa shape index (κ3) is 8.17. The predicted octanol–water partition coefficient (Wildman–Crippen LogP) is 3.51. The van der Waals surface area contributed by atoms with Crippen LogP contribution in [0.1, 0.15) is 98.2 Å². The number of imide groups is 2. The number of piperidine rings is 1. The van der Waals surface area contributed by atoms with Crippen LogP contribution in [-0.2, 0) is 35.7 Å². The summed E-state index contributed by atoms with van der Waals surface area (Å²) in [6.07, 6.45) is 3.76. The fourth-order valence-corrected chi connectivity index (χ4v) is 8.14. The number of carbonyl (C=O) groups is 6. The lowest BCUT2D eigenvalue weighted by molar-refractivity contribution is -0.136. The summed E-state index contributed by atoms with van der Waals surface area (Å²) in [4.78, 5) is 85.5. The molecule has 314 valence electrons. The Morgan fingerprint density at radius 2 is 1.77 bits per heavy atom. The molecule has 0 spiro atoms. The number of hydrogen-bond acceptors (Lipinski definition) is 12. The van der Waals surface area contributed by atoms with Gasteiger partial charge in [0.2, 0.25) is 17.7 Å². The van der Waals surface area contributed by atoms with Gasteiger partial charge in [-0.1, -0.05) is 32.9 Å². The minimum atomic E-state index is -1.04. The van der Waals surface area contributed by atoms with E-state index in [0.717, 1.165) is 38.2 Å². The molecular formula is C45H46N8O8. The topological polar surface area (TPSA) is 238 Å². The Kier molecular flexibility index (Phi) is 12.2. The molecule has 0 radical (unpaired) electrons. The molecule has 3 aromatic carbocycles. The molecule has 1 unspecified atom stereocenters. The third-order valence-electron chi connectivity index (χ3n) is 11.2. The highest BCUT2D eigenvalue weighted by molar-refractivity contribution is 6.25. The van der Waals surface area contributed by atoms with Crippen LogP contribution in [0.5, 0.6) is 0 Å². The Labute approximate surface area is 351 Å². The normalized spacial score (nSPS) is 17.0. The molecule has 16 heteroatoms. The zero-order valence-electron chi connectivity index (χ0n) is 34.1. The van der Waals surface area contributed by atoms with Crippen LogP contribution in [-0.4, -0.2) is 104 Å². The lowest BCUT2D eigenvalue weighted by Crippen LogP contribution is -2.54. The summed E-state index contributed by atoms with van der Waals surface area (Å²) in [5.74, 6) is -2.65. The largest absolute Gasteiger partial charge is 0.404 e. The summed E-state index contributed by atoms with van der Waals surface area (Å²) in [7, 11) is 0. The molecular weight excluding hydrogens is 781 g/mol. The Bertz CT molecular complexity index is 2580. The number of fused-ring (bicyclic) bond motifs is 5. The van der Waals surface area contributed by atoms with Gasteiger partial charge in [0.1, 0.15) is 12.6 Å². The van der Waals surface area contributed by atoms with E-state index in [2.05, 4.69) is 45.8 Å². The summed E-state index contributed by atoms with van der Waals surface area (Å²) in [5.41, 5.74) is 12.8. The van der Waals surface area contributed by atoms with Gasteiger partial charge in [0.15, 0.2) is 5.78 Å². The maximum atomic E-state index is 14.0. The SMILES string of the molecule is CCc1cc2c(cc1C(C=NCC(=O)NCCOCCOCCNc1cccc3c1C(=O)N(C1CCC(=O)NC1=O)C3=O)=CN)C(C)(C)c1[nH]c3cc(C#N)ccc3c1C2=O. The van der Waals surface area contributed by atoms with Crippen molar-refractivity contribution in [2.75, 3.05) is 51.4 Å². The smallest absolute Gasteiger partial charge is 0.264 e. The maximum Gasteiger partial charge on any atom is 0.264 e.